The van der Waals surface area contributed by atoms with Gasteiger partial charge in [-0.3, -0.25) is 0 Å². The lowest BCUT2D eigenvalue weighted by Gasteiger charge is -2.36. The third-order valence-corrected chi connectivity index (χ3v) is 2.90. The van der Waals surface area contributed by atoms with E-state index in [0.717, 1.165) is 0 Å². The first-order chi connectivity index (χ1) is 7.73. The van der Waals surface area contributed by atoms with Crippen molar-refractivity contribution in [2.24, 2.45) is 5.41 Å². The second-order valence-corrected chi connectivity index (χ2v) is 5.32. The van der Waals surface area contributed by atoms with Gasteiger partial charge in [0.1, 0.15) is 6.61 Å². The number of ether oxygens (including phenoxy) is 1. The van der Waals surface area contributed by atoms with E-state index in [1.54, 1.807) is 0 Å². The van der Waals surface area contributed by atoms with Crippen LogP contribution in [0.3, 0.4) is 0 Å². The Labute approximate surface area is 100 Å². The van der Waals surface area contributed by atoms with E-state index in [-0.39, 0.29) is 24.2 Å². The molecule has 1 rings (SSSR count). The Morgan fingerprint density at radius 3 is 2.35 bits per heavy atom. The molecular formula is C11H19NO5. The van der Waals surface area contributed by atoms with Gasteiger partial charge in [0.2, 0.25) is 0 Å². The van der Waals surface area contributed by atoms with Crippen molar-refractivity contribution >= 4 is 12.1 Å². The van der Waals surface area contributed by atoms with Crippen LogP contribution in [0.4, 0.5) is 4.79 Å². The van der Waals surface area contributed by atoms with Gasteiger partial charge < -0.3 is 19.8 Å². The van der Waals surface area contributed by atoms with E-state index >= 15 is 0 Å². The molecule has 2 N–H and O–H groups in total. The van der Waals surface area contributed by atoms with Gasteiger partial charge in [-0.1, -0.05) is 20.8 Å². The average molecular weight is 245 g/mol. The Kier molecular flexibility index (Phi) is 3.98. The van der Waals surface area contributed by atoms with Crippen molar-refractivity contribution in [2.75, 3.05) is 13.2 Å². The molecule has 0 aromatic heterocycles. The highest BCUT2D eigenvalue weighted by Crippen LogP contribution is 2.34. The van der Waals surface area contributed by atoms with E-state index in [1.165, 1.54) is 4.90 Å². The highest BCUT2D eigenvalue weighted by molar-refractivity contribution is 5.68. The first kappa shape index (κ1) is 13.8. The molecule has 98 valence electrons. The van der Waals surface area contributed by atoms with Crippen LogP contribution in [0.2, 0.25) is 0 Å². The highest BCUT2D eigenvalue weighted by Gasteiger charge is 2.44. The van der Waals surface area contributed by atoms with Crippen LogP contribution >= 0.6 is 0 Å². The number of carboxylic acids is 1. The molecule has 0 aliphatic carbocycles. The minimum atomic E-state index is -1.04. The number of amides is 1. The van der Waals surface area contributed by atoms with Crippen LogP contribution in [0, 0.1) is 5.41 Å². The third kappa shape index (κ3) is 3.33. The molecule has 1 aliphatic rings. The van der Waals surface area contributed by atoms with E-state index in [0.29, 0.717) is 13.0 Å². The van der Waals surface area contributed by atoms with Crippen LogP contribution in [-0.2, 0) is 9.53 Å². The van der Waals surface area contributed by atoms with Gasteiger partial charge in [0.25, 0.3) is 0 Å². The van der Waals surface area contributed by atoms with E-state index in [4.69, 9.17) is 14.9 Å². The van der Waals surface area contributed by atoms with Crippen molar-refractivity contribution < 1.29 is 24.5 Å². The van der Waals surface area contributed by atoms with Crippen LogP contribution in [0.15, 0.2) is 0 Å². The molecule has 6 heteroatoms. The first-order valence-corrected chi connectivity index (χ1v) is 5.56. The second-order valence-electron chi connectivity index (χ2n) is 5.32. The molecule has 1 saturated heterocycles. The Balaban J connectivity index is 2.77. The van der Waals surface area contributed by atoms with Gasteiger partial charge in [-0.15, -0.1) is 0 Å². The lowest BCUT2D eigenvalue weighted by Crippen LogP contribution is -2.48. The van der Waals surface area contributed by atoms with E-state index in [2.05, 4.69) is 0 Å². The minimum Gasteiger partial charge on any atom is -0.480 e. The topological polar surface area (TPSA) is 87.1 Å². The zero-order valence-corrected chi connectivity index (χ0v) is 10.3. The van der Waals surface area contributed by atoms with Crippen molar-refractivity contribution in [1.82, 2.24) is 4.90 Å². The number of hydrogen-bond acceptors (Lipinski definition) is 3. The summed E-state index contributed by atoms with van der Waals surface area (Å²) in [4.78, 5) is 22.9. The van der Waals surface area contributed by atoms with Crippen molar-refractivity contribution in [3.63, 3.8) is 0 Å². The summed E-state index contributed by atoms with van der Waals surface area (Å²) in [6.45, 7) is 5.79. The van der Waals surface area contributed by atoms with Gasteiger partial charge >= 0.3 is 12.1 Å². The van der Waals surface area contributed by atoms with Crippen molar-refractivity contribution in [2.45, 2.75) is 39.3 Å². The summed E-state index contributed by atoms with van der Waals surface area (Å²) in [6, 6.07) is -0.306. The minimum absolute atomic E-state index is 0.280. The Bertz CT molecular complexity index is 309. The number of likely N-dealkylation sites (tertiary alicyclic amines) is 1. The fourth-order valence-electron chi connectivity index (χ4n) is 2.36. The SMILES string of the molecule is CC(C)(C)[C@@H]1C(OCC(=O)O)CCN1C(=O)O. The lowest BCUT2D eigenvalue weighted by molar-refractivity contribution is -0.145. The number of carbonyl (C=O) groups is 2. The normalized spacial score (nSPS) is 25.0. The van der Waals surface area contributed by atoms with E-state index in [9.17, 15) is 9.59 Å². The van der Waals surface area contributed by atoms with E-state index < -0.39 is 12.1 Å². The van der Waals surface area contributed by atoms with Gasteiger partial charge in [-0.25, -0.2) is 9.59 Å². The fraction of sp³-hybridized carbons (Fsp3) is 0.818. The first-order valence-electron chi connectivity index (χ1n) is 5.56. The summed E-state index contributed by atoms with van der Waals surface area (Å²) in [5.74, 6) is -1.04. The van der Waals surface area contributed by atoms with Crippen LogP contribution in [-0.4, -0.2) is 52.5 Å². The molecule has 0 radical (unpaired) electrons. The molecule has 0 spiro atoms. The van der Waals surface area contributed by atoms with Gasteiger partial charge in [-0.2, -0.15) is 0 Å². The Morgan fingerprint density at radius 2 is 1.94 bits per heavy atom. The molecule has 17 heavy (non-hydrogen) atoms. The number of rotatable bonds is 3. The maximum absolute atomic E-state index is 11.1. The molecule has 1 fully saturated rings. The lowest BCUT2D eigenvalue weighted by atomic mass is 9.84. The highest BCUT2D eigenvalue weighted by atomic mass is 16.5. The molecule has 1 heterocycles. The van der Waals surface area contributed by atoms with Crippen LogP contribution in [0.25, 0.3) is 0 Å². The molecule has 1 aliphatic heterocycles. The fourth-order valence-corrected chi connectivity index (χ4v) is 2.36. The number of hydrogen-bond donors (Lipinski definition) is 2. The number of aliphatic carboxylic acids is 1. The molecular weight excluding hydrogens is 226 g/mol. The number of carboxylic acid groups (broad SMARTS) is 2. The van der Waals surface area contributed by atoms with Gasteiger partial charge in [0.05, 0.1) is 12.1 Å². The van der Waals surface area contributed by atoms with E-state index in [1.807, 2.05) is 20.8 Å². The molecule has 0 saturated carbocycles. The predicted molar refractivity (Wildman–Crippen MR) is 60.0 cm³/mol. The molecule has 1 amide bonds. The summed E-state index contributed by atoms with van der Waals surface area (Å²) in [7, 11) is 0. The monoisotopic (exact) mass is 245 g/mol. The zero-order chi connectivity index (χ0) is 13.2. The van der Waals surface area contributed by atoms with Gasteiger partial charge in [0.15, 0.2) is 0 Å². The maximum Gasteiger partial charge on any atom is 0.407 e. The summed E-state index contributed by atoms with van der Waals surface area (Å²) in [6.07, 6.45) is -0.782. The van der Waals surface area contributed by atoms with Crippen molar-refractivity contribution in [1.29, 1.82) is 0 Å². The predicted octanol–water partition coefficient (Wildman–Crippen LogP) is 1.25. The second kappa shape index (κ2) is 4.91. The summed E-state index contributed by atoms with van der Waals surface area (Å²) < 4.78 is 5.28. The van der Waals surface area contributed by atoms with Crippen LogP contribution in [0.1, 0.15) is 27.2 Å². The van der Waals surface area contributed by atoms with Gasteiger partial charge in [-0.05, 0) is 11.8 Å². The quantitative estimate of drug-likeness (QED) is 0.781. The summed E-state index contributed by atoms with van der Waals surface area (Å²) >= 11 is 0. The molecule has 2 atom stereocenters. The molecule has 6 nitrogen and oxygen atoms in total. The smallest absolute Gasteiger partial charge is 0.407 e. The van der Waals surface area contributed by atoms with Crippen LogP contribution < -0.4 is 0 Å². The largest absolute Gasteiger partial charge is 0.480 e. The van der Waals surface area contributed by atoms with Crippen molar-refractivity contribution in [3.8, 4) is 0 Å². The zero-order valence-electron chi connectivity index (χ0n) is 10.3. The molecule has 0 bridgehead atoms. The maximum atomic E-state index is 11.1. The standard InChI is InChI=1S/C11H19NO5/c1-11(2,3)9-7(17-6-8(13)14)4-5-12(9)10(15)16/h7,9H,4-6H2,1-3H3,(H,13,14)(H,15,16)/t7?,9-/m0/s1. The molecule has 0 aromatic carbocycles. The average Bonchev–Trinajstić information content (AvgIpc) is 2.57. The molecule has 0 aromatic rings. The number of nitrogens with zero attached hydrogens (tertiary/aromatic N) is 1. The van der Waals surface area contributed by atoms with Gasteiger partial charge in [0, 0.05) is 6.54 Å². The Morgan fingerprint density at radius 1 is 1.35 bits per heavy atom. The van der Waals surface area contributed by atoms with Crippen LogP contribution in [0.5, 0.6) is 0 Å². The summed E-state index contributed by atoms with van der Waals surface area (Å²) in [5, 5.41) is 17.7. The third-order valence-electron chi connectivity index (χ3n) is 2.90. The Hall–Kier alpha value is -1.30. The molecule has 1 unspecified atom stereocenters. The summed E-state index contributed by atoms with van der Waals surface area (Å²) in [5.41, 5.74) is -0.280. The van der Waals surface area contributed by atoms with Crippen molar-refractivity contribution in [3.05, 3.63) is 0 Å².